The third kappa shape index (κ3) is 5.17. The van der Waals surface area contributed by atoms with Crippen molar-refractivity contribution in [2.24, 2.45) is 0 Å². The Bertz CT molecular complexity index is 827. The molecule has 3 rings (SSSR count). The highest BCUT2D eigenvalue weighted by Gasteiger charge is 2.35. The molecule has 1 aromatic carbocycles. The smallest absolute Gasteiger partial charge is 0.294 e. The summed E-state index contributed by atoms with van der Waals surface area (Å²) in [5, 5.41) is 0. The van der Waals surface area contributed by atoms with Crippen molar-refractivity contribution < 1.29 is 18.0 Å². The molecule has 0 saturated heterocycles. The van der Waals surface area contributed by atoms with Crippen LogP contribution in [0.5, 0.6) is 0 Å². The second kappa shape index (κ2) is 8.97. The first-order valence-electron chi connectivity index (χ1n) is 10.2. The summed E-state index contributed by atoms with van der Waals surface area (Å²) < 4.78 is 40.2. The fourth-order valence-electron chi connectivity index (χ4n) is 4.12. The number of anilines is 1. The van der Waals surface area contributed by atoms with Crippen molar-refractivity contribution in [3.63, 3.8) is 0 Å². The molecule has 1 saturated carbocycles. The molecule has 1 fully saturated rings. The minimum absolute atomic E-state index is 0.0130. The Morgan fingerprint density at radius 3 is 2.45 bits per heavy atom. The molecule has 1 aliphatic rings. The lowest BCUT2D eigenvalue weighted by molar-refractivity contribution is -0.138. The average Bonchev–Trinajstić information content (AvgIpc) is 2.70. The average molecular weight is 404 g/mol. The number of nitrogens with zero attached hydrogens (tertiary/aromatic N) is 2. The van der Waals surface area contributed by atoms with Gasteiger partial charge >= 0.3 is 6.18 Å². The Balaban J connectivity index is 1.86. The van der Waals surface area contributed by atoms with Crippen LogP contribution < -0.4 is 4.90 Å². The molecule has 0 aliphatic heterocycles. The molecule has 1 aromatic heterocycles. The van der Waals surface area contributed by atoms with Gasteiger partial charge in [-0.15, -0.1) is 0 Å². The van der Waals surface area contributed by atoms with Crippen LogP contribution in [0.2, 0.25) is 0 Å². The van der Waals surface area contributed by atoms with Crippen LogP contribution in [0.4, 0.5) is 19.0 Å². The van der Waals surface area contributed by atoms with E-state index in [1.807, 2.05) is 19.1 Å². The molecule has 0 N–H and O–H groups in total. The summed E-state index contributed by atoms with van der Waals surface area (Å²) >= 11 is 0. The SMILES string of the molecule is Cc1ccc(N(C(=O)CC(C)c2ccccc2C(F)(F)F)C2CCCCC2)nc1. The molecule has 0 bridgehead atoms. The number of carbonyl (C=O) groups excluding carboxylic acids is 1. The van der Waals surface area contributed by atoms with E-state index in [0.717, 1.165) is 43.7 Å². The van der Waals surface area contributed by atoms with Gasteiger partial charge in [-0.05, 0) is 48.9 Å². The second-order valence-corrected chi connectivity index (χ2v) is 7.94. The van der Waals surface area contributed by atoms with E-state index in [2.05, 4.69) is 4.98 Å². The van der Waals surface area contributed by atoms with Gasteiger partial charge in [0.15, 0.2) is 0 Å². The van der Waals surface area contributed by atoms with Crippen molar-refractivity contribution in [2.75, 3.05) is 4.90 Å². The van der Waals surface area contributed by atoms with Gasteiger partial charge in [0.25, 0.3) is 0 Å². The van der Waals surface area contributed by atoms with Crippen molar-refractivity contribution in [3.8, 4) is 0 Å². The van der Waals surface area contributed by atoms with Crippen LogP contribution in [-0.4, -0.2) is 16.9 Å². The number of aryl methyl sites for hydroxylation is 1. The number of hydrogen-bond donors (Lipinski definition) is 0. The largest absolute Gasteiger partial charge is 0.416 e. The maximum atomic E-state index is 13.4. The summed E-state index contributed by atoms with van der Waals surface area (Å²) in [6.45, 7) is 3.61. The van der Waals surface area contributed by atoms with Crippen LogP contribution in [-0.2, 0) is 11.0 Å². The molecular formula is C23H27F3N2O. The summed E-state index contributed by atoms with van der Waals surface area (Å²) in [6, 6.07) is 9.31. The molecule has 29 heavy (non-hydrogen) atoms. The van der Waals surface area contributed by atoms with Crippen LogP contribution in [0.1, 0.15) is 68.1 Å². The molecule has 6 heteroatoms. The molecule has 3 nitrogen and oxygen atoms in total. The lowest BCUT2D eigenvalue weighted by Crippen LogP contribution is -2.42. The van der Waals surface area contributed by atoms with E-state index in [-0.39, 0.29) is 23.9 Å². The molecule has 156 valence electrons. The van der Waals surface area contributed by atoms with E-state index in [0.29, 0.717) is 5.82 Å². The molecule has 1 amide bonds. The van der Waals surface area contributed by atoms with Crippen molar-refractivity contribution >= 4 is 11.7 Å². The Morgan fingerprint density at radius 2 is 1.83 bits per heavy atom. The predicted molar refractivity (Wildman–Crippen MR) is 108 cm³/mol. The number of benzene rings is 1. The first-order valence-corrected chi connectivity index (χ1v) is 10.2. The molecule has 2 aromatic rings. The maximum absolute atomic E-state index is 13.4. The van der Waals surface area contributed by atoms with E-state index >= 15 is 0 Å². The Hall–Kier alpha value is -2.37. The standard InChI is InChI=1S/C23H27F3N2O/c1-16-12-13-21(27-15-16)28(18-8-4-3-5-9-18)22(29)14-17(2)19-10-6-7-11-20(19)23(24,25)26/h6-7,10-13,15,17-18H,3-5,8-9,14H2,1-2H3. The van der Waals surface area contributed by atoms with Crippen LogP contribution >= 0.6 is 0 Å². The zero-order valence-corrected chi connectivity index (χ0v) is 16.9. The van der Waals surface area contributed by atoms with Gasteiger partial charge in [-0.2, -0.15) is 13.2 Å². The summed E-state index contributed by atoms with van der Waals surface area (Å²) in [5.41, 5.74) is 0.490. The number of rotatable bonds is 5. The van der Waals surface area contributed by atoms with E-state index in [4.69, 9.17) is 0 Å². The van der Waals surface area contributed by atoms with Crippen LogP contribution in [0.3, 0.4) is 0 Å². The lowest BCUT2D eigenvalue weighted by Gasteiger charge is -2.34. The molecule has 1 atom stereocenters. The number of carbonyl (C=O) groups is 1. The zero-order chi connectivity index (χ0) is 21.0. The minimum Gasteiger partial charge on any atom is -0.294 e. The highest BCUT2D eigenvalue weighted by molar-refractivity contribution is 5.93. The molecule has 0 spiro atoms. The van der Waals surface area contributed by atoms with Gasteiger partial charge in [0, 0.05) is 18.7 Å². The summed E-state index contributed by atoms with van der Waals surface area (Å²) in [6.07, 6.45) is 2.34. The fourth-order valence-corrected chi connectivity index (χ4v) is 4.12. The second-order valence-electron chi connectivity index (χ2n) is 7.94. The van der Waals surface area contributed by atoms with Crippen molar-refractivity contribution in [1.29, 1.82) is 0 Å². The highest BCUT2D eigenvalue weighted by Crippen LogP contribution is 2.37. The fraction of sp³-hybridized carbons (Fsp3) is 0.478. The van der Waals surface area contributed by atoms with Gasteiger partial charge in [-0.1, -0.05) is 50.5 Å². The Labute approximate surface area is 169 Å². The first-order chi connectivity index (χ1) is 13.8. The van der Waals surface area contributed by atoms with Gasteiger partial charge in [0.1, 0.15) is 5.82 Å². The molecule has 1 heterocycles. The van der Waals surface area contributed by atoms with Crippen LogP contribution in [0.25, 0.3) is 0 Å². The number of amides is 1. The third-order valence-electron chi connectivity index (χ3n) is 5.63. The van der Waals surface area contributed by atoms with E-state index < -0.39 is 17.7 Å². The van der Waals surface area contributed by atoms with E-state index in [9.17, 15) is 18.0 Å². The topological polar surface area (TPSA) is 33.2 Å². The predicted octanol–water partition coefficient (Wildman–Crippen LogP) is 6.27. The molecular weight excluding hydrogens is 377 g/mol. The quantitative estimate of drug-likeness (QED) is 0.589. The van der Waals surface area contributed by atoms with Crippen LogP contribution in [0.15, 0.2) is 42.6 Å². The van der Waals surface area contributed by atoms with E-state index in [1.54, 1.807) is 24.1 Å². The molecule has 1 unspecified atom stereocenters. The van der Waals surface area contributed by atoms with Gasteiger partial charge in [-0.25, -0.2) is 4.98 Å². The number of alkyl halides is 3. The molecule has 1 aliphatic carbocycles. The minimum atomic E-state index is -4.44. The van der Waals surface area contributed by atoms with Gasteiger partial charge in [0.05, 0.1) is 5.56 Å². The highest BCUT2D eigenvalue weighted by atomic mass is 19.4. The van der Waals surface area contributed by atoms with Crippen LogP contribution in [0, 0.1) is 6.92 Å². The zero-order valence-electron chi connectivity index (χ0n) is 16.9. The first kappa shape index (κ1) is 21.3. The van der Waals surface area contributed by atoms with Gasteiger partial charge in [0.2, 0.25) is 5.91 Å². The number of halogens is 3. The summed E-state index contributed by atoms with van der Waals surface area (Å²) in [7, 11) is 0. The Morgan fingerprint density at radius 1 is 1.14 bits per heavy atom. The Kier molecular flexibility index (Phi) is 6.60. The van der Waals surface area contributed by atoms with Gasteiger partial charge < -0.3 is 0 Å². The third-order valence-corrected chi connectivity index (χ3v) is 5.63. The number of aromatic nitrogens is 1. The van der Waals surface area contributed by atoms with Crippen molar-refractivity contribution in [3.05, 3.63) is 59.3 Å². The normalized spacial score (nSPS) is 16.4. The molecule has 0 radical (unpaired) electrons. The summed E-state index contributed by atoms with van der Waals surface area (Å²) in [5.74, 6) is -0.126. The number of hydrogen-bond acceptors (Lipinski definition) is 2. The maximum Gasteiger partial charge on any atom is 0.416 e. The lowest BCUT2D eigenvalue weighted by atomic mass is 9.90. The summed E-state index contributed by atoms with van der Waals surface area (Å²) in [4.78, 5) is 19.4. The van der Waals surface area contributed by atoms with Crippen molar-refractivity contribution in [2.45, 2.75) is 70.5 Å². The van der Waals surface area contributed by atoms with E-state index in [1.165, 1.54) is 12.1 Å². The monoisotopic (exact) mass is 404 g/mol. The number of pyridine rings is 1. The van der Waals surface area contributed by atoms with Crippen molar-refractivity contribution in [1.82, 2.24) is 4.98 Å². The van der Waals surface area contributed by atoms with Gasteiger partial charge in [-0.3, -0.25) is 9.69 Å².